The standard InChI is InChI=1S/C15H15FN4/c1-9(2)20-14(11-6-5-10(16)8-12(11)17)19-13-4-3-7-18-15(13)20/h3-9H,17H2,1-2H3. The molecule has 0 atom stereocenters. The Morgan fingerprint density at radius 1 is 1.25 bits per heavy atom. The van der Waals surface area contributed by atoms with Crippen LogP contribution in [0.4, 0.5) is 10.1 Å². The lowest BCUT2D eigenvalue weighted by molar-refractivity contribution is 0.618. The van der Waals surface area contributed by atoms with Gasteiger partial charge >= 0.3 is 0 Å². The maximum atomic E-state index is 13.2. The van der Waals surface area contributed by atoms with Crippen molar-refractivity contribution < 1.29 is 4.39 Å². The summed E-state index contributed by atoms with van der Waals surface area (Å²) in [6.07, 6.45) is 1.74. The fourth-order valence-electron chi connectivity index (χ4n) is 2.35. The molecule has 0 aliphatic carbocycles. The van der Waals surface area contributed by atoms with Gasteiger partial charge in [0.25, 0.3) is 0 Å². The fraction of sp³-hybridized carbons (Fsp3) is 0.200. The van der Waals surface area contributed by atoms with E-state index >= 15 is 0 Å². The number of nitrogens with zero attached hydrogens (tertiary/aromatic N) is 3. The van der Waals surface area contributed by atoms with Gasteiger partial charge in [-0.15, -0.1) is 0 Å². The molecule has 0 amide bonds. The van der Waals surface area contributed by atoms with Crippen molar-refractivity contribution in [3.63, 3.8) is 0 Å². The van der Waals surface area contributed by atoms with Gasteiger partial charge < -0.3 is 10.3 Å². The Morgan fingerprint density at radius 2 is 2.05 bits per heavy atom. The Morgan fingerprint density at radius 3 is 2.75 bits per heavy atom. The molecule has 3 rings (SSSR count). The van der Waals surface area contributed by atoms with E-state index in [0.29, 0.717) is 11.5 Å². The van der Waals surface area contributed by atoms with Crippen molar-refractivity contribution in [1.82, 2.24) is 14.5 Å². The average Bonchev–Trinajstić information content (AvgIpc) is 2.77. The van der Waals surface area contributed by atoms with Crippen LogP contribution in [-0.2, 0) is 0 Å². The molecule has 0 fully saturated rings. The highest BCUT2D eigenvalue weighted by molar-refractivity contribution is 5.81. The summed E-state index contributed by atoms with van der Waals surface area (Å²) < 4.78 is 15.2. The second-order valence-electron chi connectivity index (χ2n) is 4.98. The van der Waals surface area contributed by atoms with Crippen LogP contribution in [0.2, 0.25) is 0 Å². The largest absolute Gasteiger partial charge is 0.398 e. The average molecular weight is 270 g/mol. The summed E-state index contributed by atoms with van der Waals surface area (Å²) in [5.74, 6) is 0.364. The number of hydrogen-bond acceptors (Lipinski definition) is 3. The Kier molecular flexibility index (Phi) is 2.89. The molecule has 0 saturated carbocycles. The van der Waals surface area contributed by atoms with E-state index in [1.807, 2.05) is 16.7 Å². The molecule has 4 nitrogen and oxygen atoms in total. The summed E-state index contributed by atoms with van der Waals surface area (Å²) in [6, 6.07) is 8.29. The fourth-order valence-corrected chi connectivity index (χ4v) is 2.35. The number of anilines is 1. The Balaban J connectivity index is 2.32. The van der Waals surface area contributed by atoms with Gasteiger partial charge in [-0.2, -0.15) is 0 Å². The first-order chi connectivity index (χ1) is 9.58. The van der Waals surface area contributed by atoms with E-state index in [0.717, 1.165) is 16.7 Å². The maximum Gasteiger partial charge on any atom is 0.160 e. The number of fused-ring (bicyclic) bond motifs is 1. The molecule has 20 heavy (non-hydrogen) atoms. The van der Waals surface area contributed by atoms with E-state index < -0.39 is 0 Å². The normalized spacial score (nSPS) is 11.4. The molecule has 3 aromatic rings. The van der Waals surface area contributed by atoms with Crippen LogP contribution in [0.5, 0.6) is 0 Å². The molecule has 5 heteroatoms. The highest BCUT2D eigenvalue weighted by atomic mass is 19.1. The van der Waals surface area contributed by atoms with Crippen molar-refractivity contribution >= 4 is 16.9 Å². The monoisotopic (exact) mass is 270 g/mol. The van der Waals surface area contributed by atoms with Crippen LogP contribution in [-0.4, -0.2) is 14.5 Å². The third kappa shape index (κ3) is 1.91. The van der Waals surface area contributed by atoms with Gasteiger partial charge in [-0.05, 0) is 44.2 Å². The van der Waals surface area contributed by atoms with E-state index in [1.54, 1.807) is 12.3 Å². The van der Waals surface area contributed by atoms with Crippen molar-refractivity contribution in [2.24, 2.45) is 0 Å². The number of imidazole rings is 1. The van der Waals surface area contributed by atoms with E-state index in [9.17, 15) is 4.39 Å². The topological polar surface area (TPSA) is 56.7 Å². The molecular weight excluding hydrogens is 255 g/mol. The third-order valence-corrected chi connectivity index (χ3v) is 3.22. The first-order valence-corrected chi connectivity index (χ1v) is 6.46. The minimum absolute atomic E-state index is 0.175. The molecule has 0 spiro atoms. The first-order valence-electron chi connectivity index (χ1n) is 6.46. The summed E-state index contributed by atoms with van der Waals surface area (Å²) in [7, 11) is 0. The zero-order chi connectivity index (χ0) is 14.3. The Labute approximate surface area is 116 Å². The van der Waals surface area contributed by atoms with E-state index in [4.69, 9.17) is 5.73 Å². The van der Waals surface area contributed by atoms with Crippen LogP contribution in [0.3, 0.4) is 0 Å². The maximum absolute atomic E-state index is 13.2. The molecule has 0 aliphatic rings. The summed E-state index contributed by atoms with van der Waals surface area (Å²) in [5, 5.41) is 0. The smallest absolute Gasteiger partial charge is 0.160 e. The quantitative estimate of drug-likeness (QED) is 0.726. The number of pyridine rings is 1. The van der Waals surface area contributed by atoms with Crippen LogP contribution in [0.15, 0.2) is 36.5 Å². The zero-order valence-corrected chi connectivity index (χ0v) is 11.3. The number of nitrogen functional groups attached to an aromatic ring is 1. The van der Waals surface area contributed by atoms with Crippen molar-refractivity contribution in [3.8, 4) is 11.4 Å². The van der Waals surface area contributed by atoms with Crippen molar-refractivity contribution in [3.05, 3.63) is 42.3 Å². The minimum Gasteiger partial charge on any atom is -0.398 e. The van der Waals surface area contributed by atoms with E-state index in [-0.39, 0.29) is 11.9 Å². The predicted octanol–water partition coefficient (Wildman–Crippen LogP) is 3.40. The lowest BCUT2D eigenvalue weighted by Crippen LogP contribution is -2.05. The van der Waals surface area contributed by atoms with E-state index in [2.05, 4.69) is 23.8 Å². The van der Waals surface area contributed by atoms with Gasteiger partial charge in [-0.1, -0.05) is 0 Å². The van der Waals surface area contributed by atoms with Crippen LogP contribution in [0.1, 0.15) is 19.9 Å². The lowest BCUT2D eigenvalue weighted by Gasteiger charge is -2.13. The van der Waals surface area contributed by atoms with Crippen LogP contribution < -0.4 is 5.73 Å². The number of nitrogens with two attached hydrogens (primary N) is 1. The minimum atomic E-state index is -0.350. The molecular formula is C15H15FN4. The van der Waals surface area contributed by atoms with Gasteiger partial charge in [0.2, 0.25) is 0 Å². The number of rotatable bonds is 2. The van der Waals surface area contributed by atoms with Crippen molar-refractivity contribution in [2.45, 2.75) is 19.9 Å². The SMILES string of the molecule is CC(C)n1c(-c2ccc(F)cc2N)nc2cccnc21. The summed E-state index contributed by atoms with van der Waals surface area (Å²) in [6.45, 7) is 4.11. The molecule has 0 bridgehead atoms. The van der Waals surface area contributed by atoms with Crippen LogP contribution in [0, 0.1) is 5.82 Å². The second-order valence-corrected chi connectivity index (χ2v) is 4.98. The molecule has 2 N–H and O–H groups in total. The van der Waals surface area contributed by atoms with Crippen molar-refractivity contribution in [2.75, 3.05) is 5.73 Å². The molecule has 0 saturated heterocycles. The number of halogens is 1. The summed E-state index contributed by atoms with van der Waals surface area (Å²) in [4.78, 5) is 8.97. The van der Waals surface area contributed by atoms with E-state index in [1.165, 1.54) is 12.1 Å². The number of hydrogen-bond donors (Lipinski definition) is 1. The Hall–Kier alpha value is -2.43. The summed E-state index contributed by atoms with van der Waals surface area (Å²) in [5.41, 5.74) is 8.64. The number of aromatic nitrogens is 3. The number of benzene rings is 1. The molecule has 2 heterocycles. The van der Waals surface area contributed by atoms with Crippen molar-refractivity contribution in [1.29, 1.82) is 0 Å². The molecule has 2 aromatic heterocycles. The first kappa shape index (κ1) is 12.6. The zero-order valence-electron chi connectivity index (χ0n) is 11.3. The highest BCUT2D eigenvalue weighted by Gasteiger charge is 2.17. The molecule has 0 unspecified atom stereocenters. The highest BCUT2D eigenvalue weighted by Crippen LogP contribution is 2.31. The van der Waals surface area contributed by atoms with Gasteiger partial charge in [-0.25, -0.2) is 14.4 Å². The molecule has 0 aliphatic heterocycles. The molecule has 102 valence electrons. The molecule has 1 aromatic carbocycles. The second kappa shape index (κ2) is 4.59. The van der Waals surface area contributed by atoms with Gasteiger partial charge in [0.15, 0.2) is 5.65 Å². The van der Waals surface area contributed by atoms with Crippen LogP contribution >= 0.6 is 0 Å². The predicted molar refractivity (Wildman–Crippen MR) is 77.7 cm³/mol. The third-order valence-electron chi connectivity index (χ3n) is 3.22. The lowest BCUT2D eigenvalue weighted by atomic mass is 10.1. The van der Waals surface area contributed by atoms with Gasteiger partial charge in [-0.3, -0.25) is 0 Å². The van der Waals surface area contributed by atoms with Gasteiger partial charge in [0, 0.05) is 23.5 Å². The summed E-state index contributed by atoms with van der Waals surface area (Å²) >= 11 is 0. The Bertz CT molecular complexity index is 777. The van der Waals surface area contributed by atoms with Gasteiger partial charge in [0.1, 0.15) is 17.2 Å². The molecule has 0 radical (unpaired) electrons. The van der Waals surface area contributed by atoms with Crippen LogP contribution in [0.25, 0.3) is 22.6 Å². The van der Waals surface area contributed by atoms with Gasteiger partial charge in [0.05, 0.1) is 0 Å².